The van der Waals surface area contributed by atoms with E-state index in [9.17, 15) is 23.2 Å². The van der Waals surface area contributed by atoms with Crippen molar-refractivity contribution in [3.63, 3.8) is 0 Å². The number of hydrogen-bond donors (Lipinski definition) is 3. The maximum Gasteiger partial charge on any atom is 0.324 e. The van der Waals surface area contributed by atoms with Gasteiger partial charge in [0, 0.05) is 42.0 Å². The fourth-order valence-corrected chi connectivity index (χ4v) is 4.20. The normalized spacial score (nSPS) is 11.7. The summed E-state index contributed by atoms with van der Waals surface area (Å²) in [7, 11) is 0. The number of ether oxygens (including phenoxy) is 2. The fourth-order valence-electron chi connectivity index (χ4n) is 4.05. The third-order valence-corrected chi connectivity index (χ3v) is 6.53. The Balaban J connectivity index is 1.60. The molecular formula is C30H28ClF2N5O5. The summed E-state index contributed by atoms with van der Waals surface area (Å²) in [6.07, 6.45) is 4.31. The van der Waals surface area contributed by atoms with Crippen molar-refractivity contribution in [3.8, 4) is 22.6 Å². The molecule has 13 heteroatoms. The number of carbonyl (C=O) groups excluding carboxylic acids is 2. The number of nitrogens with one attached hydrogen (secondary N) is 1. The highest BCUT2D eigenvalue weighted by Crippen LogP contribution is 2.34. The van der Waals surface area contributed by atoms with Gasteiger partial charge in [0.25, 0.3) is 5.91 Å². The molecule has 43 heavy (non-hydrogen) atoms. The zero-order valence-electron chi connectivity index (χ0n) is 23.1. The SMILES string of the molecule is CC(C)CC(N)C(=O)OCn1cc(C(=O)Nc2ccc(Oc3ccnc(N)c3Cl)c(F)c2)c(=O)c(-c2ccc(F)cc2)c1. The average Bonchev–Trinajstić information content (AvgIpc) is 2.96. The Morgan fingerprint density at radius 2 is 1.79 bits per heavy atom. The minimum absolute atomic E-state index is 0.00387. The summed E-state index contributed by atoms with van der Waals surface area (Å²) in [5.74, 6) is -2.85. The van der Waals surface area contributed by atoms with Crippen molar-refractivity contribution in [1.29, 1.82) is 0 Å². The van der Waals surface area contributed by atoms with Crippen LogP contribution >= 0.6 is 11.6 Å². The predicted octanol–water partition coefficient (Wildman–Crippen LogP) is 5.34. The highest BCUT2D eigenvalue weighted by molar-refractivity contribution is 6.34. The summed E-state index contributed by atoms with van der Waals surface area (Å²) in [6.45, 7) is 3.46. The van der Waals surface area contributed by atoms with Gasteiger partial charge in [0.05, 0.1) is 0 Å². The monoisotopic (exact) mass is 611 g/mol. The van der Waals surface area contributed by atoms with Crippen molar-refractivity contribution >= 4 is 35.0 Å². The lowest BCUT2D eigenvalue weighted by atomic mass is 10.0. The second-order valence-electron chi connectivity index (χ2n) is 9.97. The van der Waals surface area contributed by atoms with E-state index in [0.29, 0.717) is 12.0 Å². The Morgan fingerprint density at radius 3 is 2.47 bits per heavy atom. The molecule has 10 nitrogen and oxygen atoms in total. The molecule has 224 valence electrons. The Morgan fingerprint density at radius 1 is 1.07 bits per heavy atom. The van der Waals surface area contributed by atoms with Crippen molar-refractivity contribution in [3.05, 3.63) is 99.6 Å². The van der Waals surface area contributed by atoms with Crippen molar-refractivity contribution in [2.45, 2.75) is 33.0 Å². The van der Waals surface area contributed by atoms with E-state index in [2.05, 4.69) is 10.3 Å². The van der Waals surface area contributed by atoms with E-state index in [-0.39, 0.29) is 51.8 Å². The lowest BCUT2D eigenvalue weighted by Crippen LogP contribution is -2.34. The zero-order valence-corrected chi connectivity index (χ0v) is 23.9. The van der Waals surface area contributed by atoms with Crippen molar-refractivity contribution in [1.82, 2.24) is 9.55 Å². The summed E-state index contributed by atoms with van der Waals surface area (Å²) in [6, 6.07) is 9.23. The molecule has 0 radical (unpaired) electrons. The first-order chi connectivity index (χ1) is 20.4. The zero-order chi connectivity index (χ0) is 31.3. The molecule has 0 aliphatic heterocycles. The van der Waals surface area contributed by atoms with Gasteiger partial charge in [-0.2, -0.15) is 0 Å². The summed E-state index contributed by atoms with van der Waals surface area (Å²) < 4.78 is 40.5. The van der Waals surface area contributed by atoms with Crippen LogP contribution in [-0.2, 0) is 16.3 Å². The topological polar surface area (TPSA) is 152 Å². The number of benzene rings is 2. The molecule has 0 aliphatic rings. The summed E-state index contributed by atoms with van der Waals surface area (Å²) in [5, 5.41) is 2.48. The van der Waals surface area contributed by atoms with Crippen LogP contribution < -0.4 is 26.9 Å². The van der Waals surface area contributed by atoms with Crippen LogP contribution in [0, 0.1) is 17.6 Å². The second-order valence-corrected chi connectivity index (χ2v) is 10.4. The smallest absolute Gasteiger partial charge is 0.324 e. The van der Waals surface area contributed by atoms with Crippen LogP contribution in [0.2, 0.25) is 5.02 Å². The van der Waals surface area contributed by atoms with Gasteiger partial charge in [-0.15, -0.1) is 0 Å². The molecule has 1 atom stereocenters. The first-order valence-electron chi connectivity index (χ1n) is 13.0. The van der Waals surface area contributed by atoms with Crippen LogP contribution in [0.15, 0.2) is 71.9 Å². The number of hydrogen-bond acceptors (Lipinski definition) is 8. The molecule has 0 bridgehead atoms. The molecule has 4 rings (SSSR count). The van der Waals surface area contributed by atoms with Crippen LogP contribution in [-0.4, -0.2) is 27.5 Å². The molecule has 4 aromatic rings. The Labute approximate surface area is 250 Å². The number of rotatable bonds is 10. The van der Waals surface area contributed by atoms with Gasteiger partial charge in [-0.3, -0.25) is 14.4 Å². The molecule has 0 spiro atoms. The number of anilines is 2. The van der Waals surface area contributed by atoms with Gasteiger partial charge < -0.3 is 30.8 Å². The van der Waals surface area contributed by atoms with E-state index in [0.717, 1.165) is 18.2 Å². The summed E-state index contributed by atoms with van der Waals surface area (Å²) in [4.78, 5) is 42.8. The molecule has 0 aliphatic carbocycles. The van der Waals surface area contributed by atoms with Gasteiger partial charge in [-0.25, -0.2) is 13.8 Å². The molecule has 0 fully saturated rings. The Bertz CT molecular complexity index is 1710. The number of amides is 1. The number of esters is 1. The van der Waals surface area contributed by atoms with Crippen LogP contribution in [0.4, 0.5) is 20.3 Å². The number of carbonyl (C=O) groups is 2. The van der Waals surface area contributed by atoms with Gasteiger partial charge in [-0.1, -0.05) is 37.6 Å². The molecule has 1 unspecified atom stereocenters. The largest absolute Gasteiger partial charge is 0.453 e. The minimum Gasteiger partial charge on any atom is -0.453 e. The number of pyridine rings is 2. The average molecular weight is 612 g/mol. The van der Waals surface area contributed by atoms with Crippen molar-refractivity contribution in [2.75, 3.05) is 11.1 Å². The standard InChI is InChI=1S/C30H28ClF2N5O5/c1-16(2)11-23(34)30(41)42-15-38-13-20(17-3-5-18(32)6-4-17)27(39)21(14-38)29(40)37-19-7-8-24(22(33)12-19)43-25-9-10-36-28(35)26(25)31/h3-10,12-14,16,23H,11,15,34H2,1-2H3,(H2,35,36)(H,37,40). The molecular weight excluding hydrogens is 584 g/mol. The van der Waals surface area contributed by atoms with E-state index < -0.39 is 35.0 Å². The highest BCUT2D eigenvalue weighted by Gasteiger charge is 2.20. The second kappa shape index (κ2) is 13.4. The molecule has 2 aromatic carbocycles. The third kappa shape index (κ3) is 7.73. The molecule has 2 aromatic heterocycles. The third-order valence-electron chi connectivity index (χ3n) is 6.15. The van der Waals surface area contributed by atoms with Crippen LogP contribution in [0.3, 0.4) is 0 Å². The number of halogens is 3. The highest BCUT2D eigenvalue weighted by atomic mass is 35.5. The van der Waals surface area contributed by atoms with Gasteiger partial charge in [0.15, 0.2) is 24.0 Å². The van der Waals surface area contributed by atoms with E-state index in [4.69, 9.17) is 32.5 Å². The molecule has 0 saturated carbocycles. The lowest BCUT2D eigenvalue weighted by Gasteiger charge is -2.16. The van der Waals surface area contributed by atoms with E-state index >= 15 is 0 Å². The van der Waals surface area contributed by atoms with Gasteiger partial charge in [-0.05, 0) is 42.2 Å². The lowest BCUT2D eigenvalue weighted by molar-refractivity contribution is -0.149. The summed E-state index contributed by atoms with van der Waals surface area (Å²) >= 11 is 6.05. The van der Waals surface area contributed by atoms with E-state index in [1.807, 2.05) is 13.8 Å². The number of nitrogens with two attached hydrogens (primary N) is 2. The predicted molar refractivity (Wildman–Crippen MR) is 158 cm³/mol. The van der Waals surface area contributed by atoms with Gasteiger partial charge in [0.2, 0.25) is 5.43 Å². The van der Waals surface area contributed by atoms with Gasteiger partial charge in [0.1, 0.15) is 28.3 Å². The van der Waals surface area contributed by atoms with Crippen molar-refractivity contribution in [2.24, 2.45) is 11.7 Å². The minimum atomic E-state index is -0.872. The Kier molecular flexibility index (Phi) is 9.73. The van der Waals surface area contributed by atoms with Crippen molar-refractivity contribution < 1.29 is 27.8 Å². The summed E-state index contributed by atoms with van der Waals surface area (Å²) in [5.41, 5.74) is 10.9. The molecule has 1 amide bonds. The number of nitrogens with zero attached hydrogens (tertiary/aromatic N) is 2. The molecule has 5 N–H and O–H groups in total. The fraction of sp³-hybridized carbons (Fsp3) is 0.200. The van der Waals surface area contributed by atoms with E-state index in [1.54, 1.807) is 0 Å². The van der Waals surface area contributed by atoms with Crippen LogP contribution in [0.5, 0.6) is 11.5 Å². The molecule has 2 heterocycles. The number of aromatic nitrogens is 2. The molecule has 0 saturated heterocycles. The quantitative estimate of drug-likeness (QED) is 0.203. The maximum absolute atomic E-state index is 14.9. The van der Waals surface area contributed by atoms with Crippen LogP contribution in [0.1, 0.15) is 30.6 Å². The maximum atomic E-state index is 14.9. The van der Waals surface area contributed by atoms with E-state index in [1.165, 1.54) is 53.5 Å². The first kappa shape index (κ1) is 31.1. The Hall–Kier alpha value is -4.81. The first-order valence-corrected chi connectivity index (χ1v) is 13.4. The van der Waals surface area contributed by atoms with Crippen LogP contribution in [0.25, 0.3) is 11.1 Å². The number of nitrogen functional groups attached to an aromatic ring is 1. The van der Waals surface area contributed by atoms with Gasteiger partial charge >= 0.3 is 5.97 Å².